The summed E-state index contributed by atoms with van der Waals surface area (Å²) in [6.45, 7) is 4.54. The third-order valence-corrected chi connectivity index (χ3v) is 5.89. The number of nitrogens with one attached hydrogen (secondary N) is 1. The fourth-order valence-corrected chi connectivity index (χ4v) is 4.02. The van der Waals surface area contributed by atoms with Crippen LogP contribution in [0.2, 0.25) is 5.02 Å². The number of halogens is 1. The van der Waals surface area contributed by atoms with Crippen molar-refractivity contribution in [2.45, 2.75) is 39.0 Å². The molecule has 1 N–H and O–H groups in total. The Bertz CT molecular complexity index is 789. The second-order valence-electron chi connectivity index (χ2n) is 6.33. The molecule has 1 saturated heterocycles. The molecule has 1 fully saturated rings. The maximum Gasteiger partial charge on any atom is 0.229 e. The van der Waals surface area contributed by atoms with E-state index < -0.39 is 0 Å². The molecular formula is C18H21ClN4O2S. The van der Waals surface area contributed by atoms with Crippen LogP contribution in [0.15, 0.2) is 24.3 Å². The summed E-state index contributed by atoms with van der Waals surface area (Å²) >= 11 is 7.26. The highest BCUT2D eigenvalue weighted by molar-refractivity contribution is 7.15. The van der Waals surface area contributed by atoms with Crippen molar-refractivity contribution in [1.29, 1.82) is 0 Å². The number of nitrogens with zero attached hydrogens (tertiary/aromatic N) is 3. The number of amides is 2. The van der Waals surface area contributed by atoms with Gasteiger partial charge in [-0.1, -0.05) is 36.8 Å². The normalized spacial score (nSPS) is 17.2. The van der Waals surface area contributed by atoms with E-state index in [0.717, 1.165) is 23.5 Å². The summed E-state index contributed by atoms with van der Waals surface area (Å²) in [5.74, 6) is -0.0107. The average molecular weight is 393 g/mol. The van der Waals surface area contributed by atoms with Gasteiger partial charge in [0, 0.05) is 35.5 Å². The minimum atomic E-state index is -0.0250. The molecule has 1 aromatic heterocycles. The van der Waals surface area contributed by atoms with Crippen molar-refractivity contribution in [3.63, 3.8) is 0 Å². The van der Waals surface area contributed by atoms with Crippen LogP contribution in [-0.2, 0) is 9.59 Å². The number of rotatable bonds is 6. The summed E-state index contributed by atoms with van der Waals surface area (Å²) in [7, 11) is 0. The highest BCUT2D eigenvalue weighted by atomic mass is 35.5. The van der Waals surface area contributed by atoms with Crippen molar-refractivity contribution >= 4 is 45.6 Å². The third kappa shape index (κ3) is 4.04. The molecule has 0 unspecified atom stereocenters. The maximum atomic E-state index is 12.4. The minimum Gasteiger partial charge on any atom is -0.312 e. The van der Waals surface area contributed by atoms with Crippen LogP contribution in [0, 0.1) is 5.92 Å². The molecule has 3 rings (SSSR count). The van der Waals surface area contributed by atoms with Gasteiger partial charge in [-0.15, -0.1) is 10.2 Å². The largest absolute Gasteiger partial charge is 0.312 e. The fourth-order valence-electron chi connectivity index (χ4n) is 3.06. The van der Waals surface area contributed by atoms with Crippen molar-refractivity contribution in [3.8, 4) is 0 Å². The van der Waals surface area contributed by atoms with Crippen LogP contribution in [0.3, 0.4) is 0 Å². The van der Waals surface area contributed by atoms with Gasteiger partial charge in [0.25, 0.3) is 0 Å². The highest BCUT2D eigenvalue weighted by Gasteiger charge is 2.34. The number of carbonyl (C=O) groups excluding carboxylic acids is 2. The molecular weight excluding hydrogens is 372 g/mol. The van der Waals surface area contributed by atoms with Crippen LogP contribution in [-0.4, -0.2) is 28.6 Å². The Morgan fingerprint density at radius 2 is 2.00 bits per heavy atom. The lowest BCUT2D eigenvalue weighted by atomic mass is 10.0. The topological polar surface area (TPSA) is 75.2 Å². The monoisotopic (exact) mass is 392 g/mol. The zero-order valence-corrected chi connectivity index (χ0v) is 16.3. The van der Waals surface area contributed by atoms with E-state index >= 15 is 0 Å². The number of anilines is 2. The molecule has 0 spiro atoms. The van der Waals surface area contributed by atoms with Gasteiger partial charge in [-0.05, 0) is 37.1 Å². The summed E-state index contributed by atoms with van der Waals surface area (Å²) in [5.41, 5.74) is 0.827. The average Bonchev–Trinajstić information content (AvgIpc) is 3.23. The molecule has 0 aliphatic carbocycles. The third-order valence-electron chi connectivity index (χ3n) is 4.64. The lowest BCUT2D eigenvalue weighted by molar-refractivity contribution is -0.120. The van der Waals surface area contributed by atoms with Gasteiger partial charge in [0.1, 0.15) is 5.01 Å². The van der Waals surface area contributed by atoms with Gasteiger partial charge in [-0.3, -0.25) is 9.59 Å². The molecule has 26 heavy (non-hydrogen) atoms. The summed E-state index contributed by atoms with van der Waals surface area (Å²) in [5, 5.41) is 13.0. The Labute approximate surface area is 161 Å². The van der Waals surface area contributed by atoms with E-state index in [1.165, 1.54) is 11.3 Å². The minimum absolute atomic E-state index is 0.0178. The Kier molecular flexibility index (Phi) is 5.88. The first-order chi connectivity index (χ1) is 12.5. The molecule has 1 aliphatic rings. The number of hydrogen-bond acceptors (Lipinski definition) is 5. The number of benzene rings is 1. The van der Waals surface area contributed by atoms with Crippen LogP contribution in [0.5, 0.6) is 0 Å². The molecule has 2 heterocycles. The van der Waals surface area contributed by atoms with E-state index in [2.05, 4.69) is 15.5 Å². The molecule has 8 heteroatoms. The smallest absolute Gasteiger partial charge is 0.229 e. The van der Waals surface area contributed by atoms with Crippen molar-refractivity contribution in [3.05, 3.63) is 34.3 Å². The van der Waals surface area contributed by atoms with Gasteiger partial charge >= 0.3 is 0 Å². The quantitative estimate of drug-likeness (QED) is 0.803. The number of aromatic nitrogens is 2. The Hall–Kier alpha value is -1.99. The van der Waals surface area contributed by atoms with Crippen molar-refractivity contribution in [2.75, 3.05) is 16.8 Å². The molecule has 0 radical (unpaired) electrons. The van der Waals surface area contributed by atoms with E-state index in [-0.39, 0.29) is 23.7 Å². The van der Waals surface area contributed by atoms with Crippen LogP contribution < -0.4 is 10.2 Å². The van der Waals surface area contributed by atoms with Crippen molar-refractivity contribution in [2.24, 2.45) is 5.92 Å². The summed E-state index contributed by atoms with van der Waals surface area (Å²) in [6, 6.07) is 7.22. The molecule has 2 aromatic rings. The molecule has 0 saturated carbocycles. The fraction of sp³-hybridized carbons (Fsp3) is 0.444. The molecule has 6 nitrogen and oxygen atoms in total. The van der Waals surface area contributed by atoms with E-state index in [1.54, 1.807) is 17.0 Å². The van der Waals surface area contributed by atoms with Crippen LogP contribution in [0.1, 0.15) is 44.0 Å². The lowest BCUT2D eigenvalue weighted by Crippen LogP contribution is -2.24. The molecule has 1 aromatic carbocycles. The number of carbonyl (C=O) groups is 2. The predicted molar refractivity (Wildman–Crippen MR) is 104 cm³/mol. The zero-order valence-electron chi connectivity index (χ0n) is 14.7. The summed E-state index contributed by atoms with van der Waals surface area (Å²) in [4.78, 5) is 26.3. The SMILES string of the molecule is CCC(CC)C(=O)Nc1nnc([C@H]2CC(=O)N(c3ccc(Cl)cc3)C2)s1. The van der Waals surface area contributed by atoms with Crippen LogP contribution in [0.25, 0.3) is 0 Å². The maximum absolute atomic E-state index is 12.4. The summed E-state index contributed by atoms with van der Waals surface area (Å²) in [6.07, 6.45) is 1.97. The first-order valence-electron chi connectivity index (χ1n) is 8.72. The second kappa shape index (κ2) is 8.14. The predicted octanol–water partition coefficient (Wildman–Crippen LogP) is 4.09. The van der Waals surface area contributed by atoms with Crippen LogP contribution in [0.4, 0.5) is 10.8 Å². The molecule has 138 valence electrons. The van der Waals surface area contributed by atoms with E-state index in [9.17, 15) is 9.59 Å². The van der Waals surface area contributed by atoms with Gasteiger partial charge in [0.05, 0.1) is 0 Å². The lowest BCUT2D eigenvalue weighted by Gasteiger charge is -2.16. The first kappa shape index (κ1) is 18.8. The Morgan fingerprint density at radius 1 is 1.31 bits per heavy atom. The first-order valence-corrected chi connectivity index (χ1v) is 9.91. The molecule has 1 aliphatic heterocycles. The zero-order chi connectivity index (χ0) is 18.7. The van der Waals surface area contributed by atoms with Crippen molar-refractivity contribution < 1.29 is 9.59 Å². The number of hydrogen-bond donors (Lipinski definition) is 1. The molecule has 2 amide bonds. The van der Waals surface area contributed by atoms with Gasteiger partial charge in [0.15, 0.2) is 0 Å². The summed E-state index contributed by atoms with van der Waals surface area (Å²) < 4.78 is 0. The molecule has 0 bridgehead atoms. The van der Waals surface area contributed by atoms with E-state index in [1.807, 2.05) is 26.0 Å². The Morgan fingerprint density at radius 3 is 2.65 bits per heavy atom. The second-order valence-corrected chi connectivity index (χ2v) is 7.78. The standard InChI is InChI=1S/C18H21ClN4O2S/c1-3-11(4-2)16(25)20-18-22-21-17(26-18)12-9-15(24)23(10-12)14-7-5-13(19)6-8-14/h5-8,11-12H,3-4,9-10H2,1-2H3,(H,20,22,25)/t12-/m0/s1. The molecule has 1 atom stereocenters. The highest BCUT2D eigenvalue weighted by Crippen LogP contribution is 2.34. The van der Waals surface area contributed by atoms with Gasteiger partial charge in [0.2, 0.25) is 16.9 Å². The van der Waals surface area contributed by atoms with Gasteiger partial charge < -0.3 is 10.2 Å². The van der Waals surface area contributed by atoms with Gasteiger partial charge in [-0.25, -0.2) is 0 Å². The Balaban J connectivity index is 1.67. The van der Waals surface area contributed by atoms with Gasteiger partial charge in [-0.2, -0.15) is 0 Å². The van der Waals surface area contributed by atoms with Crippen molar-refractivity contribution in [1.82, 2.24) is 10.2 Å². The van der Waals surface area contributed by atoms with E-state index in [4.69, 9.17) is 11.6 Å². The van der Waals surface area contributed by atoms with E-state index in [0.29, 0.717) is 23.1 Å². The van der Waals surface area contributed by atoms with Crippen LogP contribution >= 0.6 is 22.9 Å².